The smallest absolute Gasteiger partial charge is 0.116 e. The monoisotopic (exact) mass is 308 g/mol. The predicted octanol–water partition coefficient (Wildman–Crippen LogP) is 3.98. The first-order valence-electron chi connectivity index (χ1n) is 6.20. The van der Waals surface area contributed by atoms with Gasteiger partial charge < -0.3 is 0 Å². The van der Waals surface area contributed by atoms with E-state index in [9.17, 15) is 0 Å². The topological polar surface area (TPSA) is 0 Å². The molecule has 0 atom stereocenters. The van der Waals surface area contributed by atoms with Gasteiger partial charge in [-0.15, -0.1) is 0 Å². The normalized spacial score (nSPS) is 13.3. The van der Waals surface area contributed by atoms with E-state index in [1.807, 2.05) is 22.7 Å². The average molecular weight is 309 g/mol. The van der Waals surface area contributed by atoms with Gasteiger partial charge in [0.15, 0.2) is 0 Å². The van der Waals surface area contributed by atoms with Gasteiger partial charge in [-0.05, 0) is 19.8 Å². The summed E-state index contributed by atoms with van der Waals surface area (Å²) in [5, 5.41) is 4.39. The van der Waals surface area contributed by atoms with Gasteiger partial charge in [0.1, 0.15) is 16.1 Å². The van der Waals surface area contributed by atoms with Crippen LogP contribution in [0.5, 0.6) is 0 Å². The van der Waals surface area contributed by atoms with Crippen LogP contribution in [0.4, 0.5) is 0 Å². The number of thiophene rings is 2. The largest absolute Gasteiger partial charge is 0.153 e. The molecule has 2 heterocycles. The zero-order valence-corrected chi connectivity index (χ0v) is 15.1. The van der Waals surface area contributed by atoms with E-state index < -0.39 is 16.1 Å². The lowest BCUT2D eigenvalue weighted by Crippen LogP contribution is -2.41. The van der Waals surface area contributed by atoms with Crippen molar-refractivity contribution in [2.75, 3.05) is 0 Å². The van der Waals surface area contributed by atoms with E-state index >= 15 is 0 Å². The molecule has 0 nitrogen and oxygen atoms in total. The Kier molecular flexibility index (Phi) is 4.11. The van der Waals surface area contributed by atoms with Crippen molar-refractivity contribution in [1.82, 2.24) is 0 Å². The lowest BCUT2D eigenvalue weighted by molar-refractivity contribution is 1.81. The molecule has 0 fully saturated rings. The van der Waals surface area contributed by atoms with Crippen molar-refractivity contribution < 1.29 is 0 Å². The maximum absolute atomic E-state index is 2.55. The van der Waals surface area contributed by atoms with Gasteiger partial charge >= 0.3 is 0 Å². The molecule has 0 aliphatic heterocycles. The molecule has 96 valence electrons. The van der Waals surface area contributed by atoms with Gasteiger partial charge in [-0.2, -0.15) is 22.7 Å². The van der Waals surface area contributed by atoms with Gasteiger partial charge in [0.05, 0.1) is 0 Å². The fourth-order valence-corrected chi connectivity index (χ4v) is 10.8. The van der Waals surface area contributed by atoms with Crippen LogP contribution in [0.15, 0.2) is 46.4 Å². The first kappa shape index (κ1) is 14.0. The summed E-state index contributed by atoms with van der Waals surface area (Å²) in [6.07, 6.45) is 0. The third kappa shape index (κ3) is 3.12. The lowest BCUT2D eigenvalue weighted by Gasteiger charge is -2.20. The van der Waals surface area contributed by atoms with E-state index in [2.05, 4.69) is 72.6 Å². The summed E-state index contributed by atoms with van der Waals surface area (Å²) in [6.45, 7) is 9.75. The van der Waals surface area contributed by atoms with E-state index in [-0.39, 0.29) is 0 Å². The summed E-state index contributed by atoms with van der Waals surface area (Å²) in [5.41, 5.74) is 5.09. The third-order valence-electron chi connectivity index (χ3n) is 3.23. The molecule has 0 aromatic carbocycles. The molecular weight excluding hydrogens is 288 g/mol. The Hall–Kier alpha value is -0.426. The maximum atomic E-state index is 2.55. The Morgan fingerprint density at radius 3 is 1.44 bits per heavy atom. The molecule has 18 heavy (non-hydrogen) atoms. The summed E-state index contributed by atoms with van der Waals surface area (Å²) in [7, 11) is -2.74. The van der Waals surface area contributed by atoms with Crippen molar-refractivity contribution in [3.05, 3.63) is 46.4 Å². The molecule has 0 unspecified atom stereocenters. The highest BCUT2D eigenvalue weighted by Crippen LogP contribution is 2.14. The van der Waals surface area contributed by atoms with Crippen LogP contribution < -0.4 is 9.00 Å². The molecule has 0 amide bonds. The third-order valence-corrected chi connectivity index (χ3v) is 13.7. The molecule has 0 saturated heterocycles. The number of hydrogen-bond donors (Lipinski definition) is 0. The summed E-state index contributed by atoms with van der Waals surface area (Å²) in [6, 6.07) is 8.93. The van der Waals surface area contributed by atoms with Crippen molar-refractivity contribution in [3.63, 3.8) is 0 Å². The van der Waals surface area contributed by atoms with Crippen molar-refractivity contribution in [1.29, 1.82) is 0 Å². The Balaban J connectivity index is 2.21. The van der Waals surface area contributed by atoms with Crippen molar-refractivity contribution in [3.8, 4) is 0 Å². The summed E-state index contributed by atoms with van der Waals surface area (Å²) < 4.78 is 3.16. The highest BCUT2D eigenvalue weighted by molar-refractivity contribution is 7.27. The van der Waals surface area contributed by atoms with Gasteiger partial charge in [-0.25, -0.2) is 0 Å². The minimum Gasteiger partial charge on any atom is -0.153 e. The van der Waals surface area contributed by atoms with Crippen LogP contribution in [0.25, 0.3) is 0 Å². The molecular formula is C14H20S2Si2. The number of rotatable bonds is 4. The van der Waals surface area contributed by atoms with E-state index in [0.717, 1.165) is 0 Å². The van der Waals surface area contributed by atoms with E-state index in [0.29, 0.717) is 0 Å². The molecule has 4 heteroatoms. The van der Waals surface area contributed by atoms with Crippen molar-refractivity contribution in [2.45, 2.75) is 26.2 Å². The Morgan fingerprint density at radius 2 is 1.17 bits per heavy atom. The average Bonchev–Trinajstić information content (AvgIpc) is 2.99. The SMILES string of the molecule is C[Si](C)(/C=C\[Si](C)(C)c1cccs1)c1cccs1. The molecule has 0 aliphatic rings. The summed E-state index contributed by atoms with van der Waals surface area (Å²) in [4.78, 5) is 0. The molecule has 0 saturated carbocycles. The second-order valence-corrected chi connectivity index (χ2v) is 17.0. The Morgan fingerprint density at radius 1 is 0.778 bits per heavy atom. The fraction of sp³-hybridized carbons (Fsp3) is 0.286. The van der Waals surface area contributed by atoms with Crippen LogP contribution in [0, 0.1) is 0 Å². The van der Waals surface area contributed by atoms with Crippen LogP contribution in [-0.2, 0) is 0 Å². The van der Waals surface area contributed by atoms with E-state index in [4.69, 9.17) is 0 Å². The minimum atomic E-state index is -1.37. The van der Waals surface area contributed by atoms with Gasteiger partial charge in [0.2, 0.25) is 0 Å². The van der Waals surface area contributed by atoms with Crippen LogP contribution in [0.1, 0.15) is 0 Å². The minimum absolute atomic E-state index is 1.37. The van der Waals surface area contributed by atoms with Crippen LogP contribution in [0.3, 0.4) is 0 Å². The molecule has 2 rings (SSSR count). The number of hydrogen-bond acceptors (Lipinski definition) is 2. The van der Waals surface area contributed by atoms with Crippen LogP contribution in [0.2, 0.25) is 26.2 Å². The predicted molar refractivity (Wildman–Crippen MR) is 92.0 cm³/mol. The van der Waals surface area contributed by atoms with Crippen LogP contribution in [-0.4, -0.2) is 16.1 Å². The molecule has 0 N–H and O–H groups in total. The van der Waals surface area contributed by atoms with E-state index in [1.165, 1.54) is 0 Å². The van der Waals surface area contributed by atoms with Gasteiger partial charge in [-0.1, -0.05) is 61.9 Å². The quantitative estimate of drug-likeness (QED) is 0.750. The second kappa shape index (κ2) is 5.29. The van der Waals surface area contributed by atoms with E-state index in [1.54, 1.807) is 9.00 Å². The molecule has 2 aromatic heterocycles. The Labute approximate surface area is 120 Å². The lowest BCUT2D eigenvalue weighted by atomic mass is 10.7. The summed E-state index contributed by atoms with van der Waals surface area (Å²) in [5.74, 6) is 0. The highest BCUT2D eigenvalue weighted by Gasteiger charge is 2.25. The first-order valence-corrected chi connectivity index (χ1v) is 14.1. The standard InChI is InChI=1S/C14H20S2Si2/c1-17(2,13-7-5-9-15-13)11-12-18(3,4)14-8-6-10-16-14/h5-12H,1-4H3/b12-11-. The van der Waals surface area contributed by atoms with Gasteiger partial charge in [-0.3, -0.25) is 0 Å². The van der Waals surface area contributed by atoms with Crippen LogP contribution >= 0.6 is 22.7 Å². The summed E-state index contributed by atoms with van der Waals surface area (Å²) >= 11 is 3.81. The fourth-order valence-electron chi connectivity index (χ4n) is 1.87. The zero-order valence-electron chi connectivity index (χ0n) is 11.4. The maximum Gasteiger partial charge on any atom is 0.116 e. The molecule has 0 bridgehead atoms. The molecule has 0 radical (unpaired) electrons. The van der Waals surface area contributed by atoms with Gasteiger partial charge in [0, 0.05) is 0 Å². The van der Waals surface area contributed by atoms with Gasteiger partial charge in [0.25, 0.3) is 0 Å². The van der Waals surface area contributed by atoms with Crippen molar-refractivity contribution >= 4 is 47.8 Å². The van der Waals surface area contributed by atoms with Crippen molar-refractivity contribution in [2.24, 2.45) is 0 Å². The second-order valence-electron chi connectivity index (χ2n) is 5.73. The zero-order chi connectivity index (χ0) is 13.2. The first-order chi connectivity index (χ1) is 8.42. The molecule has 0 spiro atoms. The Bertz CT molecular complexity index is 460. The molecule has 2 aromatic rings. The molecule has 0 aliphatic carbocycles. The highest BCUT2D eigenvalue weighted by atomic mass is 32.1.